The Bertz CT molecular complexity index is 393. The summed E-state index contributed by atoms with van der Waals surface area (Å²) in [6, 6.07) is 0. The SMILES string of the molecule is CC(C)=CCOP(=O)(O)OP(=O)(O)OCC=C(C)C. The van der Waals surface area contributed by atoms with Gasteiger partial charge in [-0.05, 0) is 27.7 Å². The van der Waals surface area contributed by atoms with Gasteiger partial charge in [-0.2, -0.15) is 4.31 Å². The van der Waals surface area contributed by atoms with Gasteiger partial charge in [0.25, 0.3) is 0 Å². The summed E-state index contributed by atoms with van der Waals surface area (Å²) in [5.41, 5.74) is 1.74. The van der Waals surface area contributed by atoms with E-state index in [1.54, 1.807) is 27.7 Å². The van der Waals surface area contributed by atoms with Gasteiger partial charge in [-0.3, -0.25) is 9.05 Å². The van der Waals surface area contributed by atoms with Crippen LogP contribution >= 0.6 is 15.6 Å². The molecule has 19 heavy (non-hydrogen) atoms. The quantitative estimate of drug-likeness (QED) is 0.524. The van der Waals surface area contributed by atoms with Gasteiger partial charge in [-0.25, -0.2) is 9.13 Å². The van der Waals surface area contributed by atoms with Crippen molar-refractivity contribution in [2.45, 2.75) is 27.7 Å². The Morgan fingerprint density at radius 1 is 0.895 bits per heavy atom. The van der Waals surface area contributed by atoms with Crippen LogP contribution in [0.5, 0.6) is 0 Å². The summed E-state index contributed by atoms with van der Waals surface area (Å²) in [6.45, 7) is 6.67. The fraction of sp³-hybridized carbons (Fsp3) is 0.600. The molecule has 112 valence electrons. The fourth-order valence-corrected chi connectivity index (χ4v) is 2.72. The molecule has 0 aliphatic heterocycles. The van der Waals surface area contributed by atoms with Crippen molar-refractivity contribution in [3.8, 4) is 0 Å². The summed E-state index contributed by atoms with van der Waals surface area (Å²) < 4.78 is 35.8. The molecule has 7 nitrogen and oxygen atoms in total. The summed E-state index contributed by atoms with van der Waals surface area (Å²) in [6.07, 6.45) is 3.05. The summed E-state index contributed by atoms with van der Waals surface area (Å²) in [5.74, 6) is 0. The maximum atomic E-state index is 11.4. The molecule has 0 aromatic heterocycles. The number of phosphoric acid groups is 2. The molecule has 0 aliphatic rings. The molecule has 0 saturated carbocycles. The summed E-state index contributed by atoms with van der Waals surface area (Å²) in [4.78, 5) is 18.5. The summed E-state index contributed by atoms with van der Waals surface area (Å²) in [5, 5.41) is 0. The third kappa shape index (κ3) is 11.3. The highest BCUT2D eigenvalue weighted by atomic mass is 31.3. The fourth-order valence-electron chi connectivity index (χ4n) is 0.774. The van der Waals surface area contributed by atoms with Crippen molar-refractivity contribution < 1.29 is 32.3 Å². The number of allylic oxidation sites excluding steroid dienone is 2. The highest BCUT2D eigenvalue weighted by Crippen LogP contribution is 2.60. The van der Waals surface area contributed by atoms with Gasteiger partial charge in [0, 0.05) is 0 Å². The van der Waals surface area contributed by atoms with Crippen LogP contribution in [-0.4, -0.2) is 23.0 Å². The van der Waals surface area contributed by atoms with Crippen LogP contribution in [-0.2, 0) is 22.5 Å². The molecule has 0 radical (unpaired) electrons. The second-order valence-corrected chi connectivity index (χ2v) is 7.22. The van der Waals surface area contributed by atoms with E-state index in [9.17, 15) is 18.9 Å². The van der Waals surface area contributed by atoms with E-state index in [0.29, 0.717) is 0 Å². The largest absolute Gasteiger partial charge is 0.481 e. The standard InChI is InChI=1S/C10H20O7P2/c1-9(2)5-7-15-18(11,12)17-19(13,14)16-8-6-10(3)4/h5-6H,7-8H2,1-4H3,(H,11,12)(H,13,14). The summed E-state index contributed by atoms with van der Waals surface area (Å²) in [7, 11) is -9.28. The number of rotatable bonds is 8. The van der Waals surface area contributed by atoms with E-state index in [0.717, 1.165) is 11.1 Å². The second-order valence-electron chi connectivity index (χ2n) is 4.17. The van der Waals surface area contributed by atoms with Crippen molar-refractivity contribution >= 4 is 15.6 Å². The van der Waals surface area contributed by atoms with E-state index >= 15 is 0 Å². The first-order valence-electron chi connectivity index (χ1n) is 5.47. The molecular weight excluding hydrogens is 294 g/mol. The highest BCUT2D eigenvalue weighted by Gasteiger charge is 2.34. The Morgan fingerprint density at radius 3 is 1.47 bits per heavy atom. The van der Waals surface area contributed by atoms with Crippen molar-refractivity contribution in [3.05, 3.63) is 23.3 Å². The van der Waals surface area contributed by atoms with Gasteiger partial charge in [0.05, 0.1) is 13.2 Å². The first-order valence-corrected chi connectivity index (χ1v) is 8.46. The van der Waals surface area contributed by atoms with Gasteiger partial charge in [-0.1, -0.05) is 23.3 Å². The van der Waals surface area contributed by atoms with Crippen LogP contribution in [0.25, 0.3) is 0 Å². The lowest BCUT2D eigenvalue weighted by Gasteiger charge is -2.14. The van der Waals surface area contributed by atoms with Gasteiger partial charge < -0.3 is 9.79 Å². The van der Waals surface area contributed by atoms with Gasteiger partial charge in [0.2, 0.25) is 0 Å². The van der Waals surface area contributed by atoms with Crippen LogP contribution in [0.15, 0.2) is 23.3 Å². The topological polar surface area (TPSA) is 102 Å². The van der Waals surface area contributed by atoms with E-state index < -0.39 is 15.6 Å². The second kappa shape index (κ2) is 8.12. The monoisotopic (exact) mass is 314 g/mol. The lowest BCUT2D eigenvalue weighted by atomic mass is 10.3. The van der Waals surface area contributed by atoms with E-state index in [-0.39, 0.29) is 13.2 Å². The molecule has 0 fully saturated rings. The highest BCUT2D eigenvalue weighted by molar-refractivity contribution is 7.61. The molecule has 0 spiro atoms. The smallest absolute Gasteiger partial charge is 0.302 e. The minimum atomic E-state index is -4.64. The van der Waals surface area contributed by atoms with E-state index in [1.165, 1.54) is 12.2 Å². The van der Waals surface area contributed by atoms with Crippen LogP contribution in [0.2, 0.25) is 0 Å². The molecule has 0 bridgehead atoms. The van der Waals surface area contributed by atoms with E-state index in [1.807, 2.05) is 0 Å². The lowest BCUT2D eigenvalue weighted by molar-refractivity contribution is 0.170. The van der Waals surface area contributed by atoms with E-state index in [4.69, 9.17) is 0 Å². The Labute approximate surface area is 113 Å². The zero-order chi connectivity index (χ0) is 15.1. The molecule has 0 heterocycles. The van der Waals surface area contributed by atoms with Crippen molar-refractivity contribution in [1.82, 2.24) is 0 Å². The van der Waals surface area contributed by atoms with Gasteiger partial charge >= 0.3 is 15.6 Å². The van der Waals surface area contributed by atoms with Crippen molar-refractivity contribution in [1.29, 1.82) is 0 Å². The van der Waals surface area contributed by atoms with Crippen LogP contribution in [0, 0.1) is 0 Å². The normalized spacial score (nSPS) is 17.2. The van der Waals surface area contributed by atoms with Crippen molar-refractivity contribution in [3.63, 3.8) is 0 Å². The molecule has 0 aromatic carbocycles. The maximum Gasteiger partial charge on any atom is 0.481 e. The van der Waals surface area contributed by atoms with E-state index in [2.05, 4.69) is 13.4 Å². The zero-order valence-electron chi connectivity index (χ0n) is 11.4. The van der Waals surface area contributed by atoms with Crippen molar-refractivity contribution in [2.24, 2.45) is 0 Å². The van der Waals surface area contributed by atoms with Crippen LogP contribution in [0.1, 0.15) is 27.7 Å². The molecule has 0 rings (SSSR count). The molecule has 0 saturated heterocycles. The molecule has 0 aromatic rings. The lowest BCUT2D eigenvalue weighted by Crippen LogP contribution is -1.98. The molecule has 0 amide bonds. The Kier molecular flexibility index (Phi) is 8.01. The molecule has 0 aliphatic carbocycles. The minimum Gasteiger partial charge on any atom is -0.302 e. The molecule has 2 atom stereocenters. The minimum absolute atomic E-state index is 0.204. The third-order valence-corrected chi connectivity index (χ3v) is 4.27. The Morgan fingerprint density at radius 2 is 1.21 bits per heavy atom. The molecule has 2 unspecified atom stereocenters. The Balaban J connectivity index is 4.38. The predicted molar refractivity (Wildman–Crippen MR) is 71.5 cm³/mol. The summed E-state index contributed by atoms with van der Waals surface area (Å²) >= 11 is 0. The first-order chi connectivity index (χ1) is 8.54. The number of hydrogen-bond donors (Lipinski definition) is 2. The maximum absolute atomic E-state index is 11.4. The van der Waals surface area contributed by atoms with Crippen LogP contribution in [0.4, 0.5) is 0 Å². The molecule has 9 heteroatoms. The van der Waals surface area contributed by atoms with Gasteiger partial charge in [0.1, 0.15) is 0 Å². The van der Waals surface area contributed by atoms with Gasteiger partial charge in [0.15, 0.2) is 0 Å². The molecule has 2 N–H and O–H groups in total. The first kappa shape index (κ1) is 18.7. The molecular formula is C10H20O7P2. The van der Waals surface area contributed by atoms with Crippen LogP contribution < -0.4 is 0 Å². The average molecular weight is 314 g/mol. The predicted octanol–water partition coefficient (Wildman–Crippen LogP) is 3.17. The Hall–Kier alpha value is -0.260. The zero-order valence-corrected chi connectivity index (χ0v) is 13.2. The number of hydrogen-bond acceptors (Lipinski definition) is 5. The van der Waals surface area contributed by atoms with Gasteiger partial charge in [-0.15, -0.1) is 0 Å². The average Bonchev–Trinajstić information content (AvgIpc) is 2.12. The van der Waals surface area contributed by atoms with Crippen molar-refractivity contribution in [2.75, 3.05) is 13.2 Å². The number of phosphoric ester groups is 2. The third-order valence-electron chi connectivity index (χ3n) is 1.66. The van der Waals surface area contributed by atoms with Crippen LogP contribution in [0.3, 0.4) is 0 Å².